The number of esters is 2. The molecular weight excluding hydrogens is 500 g/mol. The third kappa shape index (κ3) is 4.61. The quantitative estimate of drug-likeness (QED) is 0.260. The number of hydrogen-bond donors (Lipinski definition) is 2. The summed E-state index contributed by atoms with van der Waals surface area (Å²) in [5.74, 6) is -1.41. The second-order valence-corrected chi connectivity index (χ2v) is 8.89. The molecule has 2 heterocycles. The number of imidazole rings is 1. The zero-order valence-corrected chi connectivity index (χ0v) is 21.4. The number of nitrogens with zero attached hydrogens (tertiary/aromatic N) is 2. The van der Waals surface area contributed by atoms with Crippen molar-refractivity contribution in [3.05, 3.63) is 89.7 Å². The first-order valence-corrected chi connectivity index (χ1v) is 12.5. The lowest BCUT2D eigenvalue weighted by molar-refractivity contribution is -0.137. The van der Waals surface area contributed by atoms with Gasteiger partial charge in [0.25, 0.3) is 5.91 Å². The number of carbonyl (C=O) groups excluding carboxylic acids is 4. The van der Waals surface area contributed by atoms with Crippen molar-refractivity contribution in [2.24, 2.45) is 0 Å². The first-order valence-electron chi connectivity index (χ1n) is 12.5. The summed E-state index contributed by atoms with van der Waals surface area (Å²) < 4.78 is 10.1. The van der Waals surface area contributed by atoms with Crippen LogP contribution >= 0.6 is 0 Å². The molecule has 3 aromatic carbocycles. The van der Waals surface area contributed by atoms with Gasteiger partial charge in [-0.05, 0) is 74.5 Å². The summed E-state index contributed by atoms with van der Waals surface area (Å²) in [6.07, 6.45) is -0.126. The molecule has 1 atom stereocenters. The maximum atomic E-state index is 14.0. The molecule has 0 aliphatic carbocycles. The van der Waals surface area contributed by atoms with E-state index in [1.54, 1.807) is 62.4 Å². The summed E-state index contributed by atoms with van der Waals surface area (Å²) in [4.78, 5) is 60.4. The van der Waals surface area contributed by atoms with Crippen LogP contribution in [0, 0.1) is 0 Å². The molecule has 1 saturated heterocycles. The smallest absolute Gasteiger partial charge is 0.338 e. The van der Waals surface area contributed by atoms with Crippen LogP contribution in [0.25, 0.3) is 11.0 Å². The Balaban J connectivity index is 1.52. The average molecular weight is 527 g/mol. The Kier molecular flexibility index (Phi) is 6.84. The predicted molar refractivity (Wildman–Crippen MR) is 143 cm³/mol. The number of hydrogen-bond acceptors (Lipinski definition) is 7. The van der Waals surface area contributed by atoms with Gasteiger partial charge in [-0.3, -0.25) is 14.5 Å². The van der Waals surface area contributed by atoms with Crippen LogP contribution < -0.4 is 10.2 Å². The van der Waals surface area contributed by atoms with E-state index in [0.717, 1.165) is 5.52 Å². The standard InChI is InChI=1S/C29H26N4O6/c1-3-38-25(35)18-9-13-20(14-10-18)30-28(37)29(27-31-22-7-5-6-8-23(22)32-27)17-24(34)33(29)21-15-11-19(12-16-21)26(36)39-4-2/h5-16H,3-4,17H2,1-2H3,(H,30,37)(H,31,32). The average Bonchev–Trinajstić information content (AvgIpc) is 3.37. The fraction of sp³-hybridized carbons (Fsp3) is 0.207. The summed E-state index contributed by atoms with van der Waals surface area (Å²) >= 11 is 0. The zero-order chi connectivity index (χ0) is 27.6. The van der Waals surface area contributed by atoms with E-state index in [-0.39, 0.29) is 25.5 Å². The molecule has 10 heteroatoms. The molecule has 1 fully saturated rings. The monoisotopic (exact) mass is 526 g/mol. The molecule has 4 aromatic rings. The van der Waals surface area contributed by atoms with Gasteiger partial charge in [0.2, 0.25) is 5.91 Å². The van der Waals surface area contributed by atoms with Crippen LogP contribution in [-0.2, 0) is 24.6 Å². The number of H-pyrrole nitrogens is 1. The highest BCUT2D eigenvalue weighted by molar-refractivity contribution is 6.17. The van der Waals surface area contributed by atoms with Crippen LogP contribution in [0.2, 0.25) is 0 Å². The van der Waals surface area contributed by atoms with Crippen LogP contribution in [-0.4, -0.2) is 46.9 Å². The lowest BCUT2D eigenvalue weighted by Gasteiger charge is -2.49. The molecule has 10 nitrogen and oxygen atoms in total. The van der Waals surface area contributed by atoms with E-state index in [1.165, 1.54) is 4.90 Å². The number of fused-ring (bicyclic) bond motifs is 1. The Morgan fingerprint density at radius 1 is 0.897 bits per heavy atom. The number of benzene rings is 3. The van der Waals surface area contributed by atoms with Gasteiger partial charge in [0.1, 0.15) is 5.82 Å². The van der Waals surface area contributed by atoms with Gasteiger partial charge in [-0.2, -0.15) is 0 Å². The minimum atomic E-state index is -1.48. The second kappa shape index (κ2) is 10.4. The number of para-hydroxylation sites is 2. The summed E-state index contributed by atoms with van der Waals surface area (Å²) in [6, 6.07) is 19.9. The normalized spacial score (nSPS) is 16.5. The molecule has 0 spiro atoms. The molecular formula is C29H26N4O6. The van der Waals surface area contributed by atoms with Gasteiger partial charge in [0.05, 0.1) is 41.8 Å². The van der Waals surface area contributed by atoms with E-state index < -0.39 is 23.4 Å². The van der Waals surface area contributed by atoms with Crippen molar-refractivity contribution in [1.29, 1.82) is 0 Å². The third-order valence-corrected chi connectivity index (χ3v) is 6.49. The Labute approximate surface area is 223 Å². The van der Waals surface area contributed by atoms with Crippen LogP contribution in [0.3, 0.4) is 0 Å². The van der Waals surface area contributed by atoms with Crippen LogP contribution in [0.4, 0.5) is 11.4 Å². The van der Waals surface area contributed by atoms with Crippen molar-refractivity contribution < 1.29 is 28.7 Å². The largest absolute Gasteiger partial charge is 0.462 e. The molecule has 5 rings (SSSR count). The fourth-order valence-electron chi connectivity index (χ4n) is 4.59. The van der Waals surface area contributed by atoms with Crippen molar-refractivity contribution in [1.82, 2.24) is 9.97 Å². The van der Waals surface area contributed by atoms with E-state index in [9.17, 15) is 19.2 Å². The predicted octanol–water partition coefficient (Wildman–Crippen LogP) is 4.19. The number of amides is 2. The van der Waals surface area contributed by atoms with E-state index in [4.69, 9.17) is 9.47 Å². The van der Waals surface area contributed by atoms with Crippen molar-refractivity contribution in [2.75, 3.05) is 23.4 Å². The van der Waals surface area contributed by atoms with Gasteiger partial charge in [0.15, 0.2) is 5.54 Å². The third-order valence-electron chi connectivity index (χ3n) is 6.49. The van der Waals surface area contributed by atoms with E-state index in [2.05, 4.69) is 15.3 Å². The molecule has 0 bridgehead atoms. The minimum absolute atomic E-state index is 0.126. The van der Waals surface area contributed by atoms with Gasteiger partial charge in [0, 0.05) is 11.4 Å². The first kappa shape index (κ1) is 25.7. The number of carbonyl (C=O) groups is 4. The first-order chi connectivity index (χ1) is 18.9. The molecule has 1 aromatic heterocycles. The Morgan fingerprint density at radius 3 is 2.05 bits per heavy atom. The lowest BCUT2D eigenvalue weighted by atomic mass is 9.80. The van der Waals surface area contributed by atoms with Crippen molar-refractivity contribution >= 4 is 46.2 Å². The van der Waals surface area contributed by atoms with Crippen LogP contribution in [0.5, 0.6) is 0 Å². The number of aromatic nitrogens is 2. The highest BCUT2D eigenvalue weighted by Gasteiger charge is 2.60. The molecule has 1 aliphatic rings. The van der Waals surface area contributed by atoms with Gasteiger partial charge in [-0.1, -0.05) is 12.1 Å². The Morgan fingerprint density at radius 2 is 1.49 bits per heavy atom. The van der Waals surface area contributed by atoms with Gasteiger partial charge < -0.3 is 19.8 Å². The number of nitrogens with one attached hydrogen (secondary N) is 2. The summed E-state index contributed by atoms with van der Waals surface area (Å²) in [5.41, 5.74) is 1.42. The van der Waals surface area contributed by atoms with Crippen molar-refractivity contribution in [2.45, 2.75) is 25.8 Å². The van der Waals surface area contributed by atoms with E-state index in [0.29, 0.717) is 33.8 Å². The molecule has 2 N–H and O–H groups in total. The van der Waals surface area contributed by atoms with E-state index >= 15 is 0 Å². The Hall–Kier alpha value is -4.99. The maximum Gasteiger partial charge on any atom is 0.338 e. The lowest BCUT2D eigenvalue weighted by Crippen LogP contribution is -2.67. The number of anilines is 2. The van der Waals surface area contributed by atoms with Gasteiger partial charge in [-0.15, -0.1) is 0 Å². The molecule has 39 heavy (non-hydrogen) atoms. The number of ether oxygens (including phenoxy) is 2. The molecule has 198 valence electrons. The summed E-state index contributed by atoms with van der Waals surface area (Å²) in [5, 5.41) is 2.87. The highest BCUT2D eigenvalue weighted by Crippen LogP contribution is 2.45. The molecule has 2 amide bonds. The van der Waals surface area contributed by atoms with Crippen LogP contribution in [0.15, 0.2) is 72.8 Å². The number of aromatic amines is 1. The van der Waals surface area contributed by atoms with Crippen molar-refractivity contribution in [3.8, 4) is 0 Å². The van der Waals surface area contributed by atoms with Gasteiger partial charge >= 0.3 is 11.9 Å². The summed E-state index contributed by atoms with van der Waals surface area (Å²) in [6.45, 7) is 3.93. The van der Waals surface area contributed by atoms with E-state index in [1.807, 2.05) is 24.3 Å². The fourth-order valence-corrected chi connectivity index (χ4v) is 4.59. The molecule has 0 saturated carbocycles. The number of rotatable bonds is 8. The van der Waals surface area contributed by atoms with Crippen LogP contribution in [0.1, 0.15) is 46.8 Å². The molecule has 1 aliphatic heterocycles. The summed E-state index contributed by atoms with van der Waals surface area (Å²) in [7, 11) is 0. The maximum absolute atomic E-state index is 14.0. The van der Waals surface area contributed by atoms with Gasteiger partial charge in [-0.25, -0.2) is 14.6 Å². The number of β-lactam (4-membered cyclic amide) rings is 1. The second-order valence-electron chi connectivity index (χ2n) is 8.89. The molecule has 0 radical (unpaired) electrons. The van der Waals surface area contributed by atoms with Crippen molar-refractivity contribution in [3.63, 3.8) is 0 Å². The Bertz CT molecular complexity index is 1530. The SMILES string of the molecule is CCOC(=O)c1ccc(NC(=O)C2(c3nc4ccccc4[nH]3)CC(=O)N2c2ccc(C(=O)OCC)cc2)cc1. The zero-order valence-electron chi connectivity index (χ0n) is 21.4. The minimum Gasteiger partial charge on any atom is -0.462 e. The molecule has 1 unspecified atom stereocenters. The highest BCUT2D eigenvalue weighted by atomic mass is 16.5. The topological polar surface area (TPSA) is 131 Å².